The molecule has 0 fully saturated rings. The van der Waals surface area contributed by atoms with Crippen molar-refractivity contribution in [2.75, 3.05) is 0 Å². The largest absolute Gasteiger partial charge is 0.323 e. The Labute approximate surface area is 151 Å². The number of nitrogens with two attached hydrogens (primary N) is 1. The summed E-state index contributed by atoms with van der Waals surface area (Å²) in [6.07, 6.45) is 1.74. The summed E-state index contributed by atoms with van der Waals surface area (Å²) in [5, 5.41) is 0.729. The van der Waals surface area contributed by atoms with Gasteiger partial charge in [-0.2, -0.15) is 0 Å². The molecule has 1 atom stereocenters. The first-order valence-corrected chi connectivity index (χ1v) is 8.50. The summed E-state index contributed by atoms with van der Waals surface area (Å²) in [7, 11) is 0. The van der Waals surface area contributed by atoms with E-state index in [1.54, 1.807) is 12.3 Å². The third-order valence-electron chi connectivity index (χ3n) is 4.39. The lowest BCUT2D eigenvalue weighted by atomic mass is 9.90. The normalized spacial score (nSPS) is 12.3. The van der Waals surface area contributed by atoms with Crippen molar-refractivity contribution in [1.82, 2.24) is 9.97 Å². The highest BCUT2D eigenvalue weighted by atomic mass is 19.1. The maximum atomic E-state index is 14.1. The maximum Gasteiger partial charge on any atom is 0.123 e. The van der Waals surface area contributed by atoms with Crippen molar-refractivity contribution in [2.45, 2.75) is 13.0 Å². The minimum atomic E-state index is -0.302. The van der Waals surface area contributed by atoms with Crippen LogP contribution in [0.5, 0.6) is 0 Å². The van der Waals surface area contributed by atoms with E-state index in [1.807, 2.05) is 55.5 Å². The van der Waals surface area contributed by atoms with Gasteiger partial charge in [0.2, 0.25) is 0 Å². The van der Waals surface area contributed by atoms with Crippen LogP contribution in [0.4, 0.5) is 4.39 Å². The average molecular weight is 343 g/mol. The van der Waals surface area contributed by atoms with Crippen LogP contribution in [0.1, 0.15) is 18.7 Å². The van der Waals surface area contributed by atoms with Gasteiger partial charge in [-0.15, -0.1) is 0 Å². The molecule has 0 aliphatic rings. The predicted molar refractivity (Wildman–Crippen MR) is 103 cm³/mol. The van der Waals surface area contributed by atoms with Crippen molar-refractivity contribution < 1.29 is 4.39 Å². The van der Waals surface area contributed by atoms with Gasteiger partial charge in [-0.05, 0) is 42.8 Å². The molecule has 0 spiro atoms. The maximum absolute atomic E-state index is 14.1. The monoisotopic (exact) mass is 343 g/mol. The van der Waals surface area contributed by atoms with E-state index in [0.29, 0.717) is 5.52 Å². The van der Waals surface area contributed by atoms with Crippen molar-refractivity contribution in [2.24, 2.45) is 5.73 Å². The van der Waals surface area contributed by atoms with E-state index >= 15 is 0 Å². The first kappa shape index (κ1) is 16.4. The van der Waals surface area contributed by atoms with E-state index in [0.717, 1.165) is 33.5 Å². The smallest absolute Gasteiger partial charge is 0.123 e. The molecule has 0 saturated heterocycles. The van der Waals surface area contributed by atoms with Gasteiger partial charge in [0.15, 0.2) is 0 Å². The Bertz CT molecular complexity index is 1060. The number of halogens is 1. The Morgan fingerprint density at radius 1 is 0.923 bits per heavy atom. The quantitative estimate of drug-likeness (QED) is 0.561. The van der Waals surface area contributed by atoms with Gasteiger partial charge in [-0.3, -0.25) is 9.97 Å². The van der Waals surface area contributed by atoms with Crippen LogP contribution in [0, 0.1) is 5.82 Å². The van der Waals surface area contributed by atoms with Crippen molar-refractivity contribution in [3.63, 3.8) is 0 Å². The van der Waals surface area contributed by atoms with Gasteiger partial charge in [-0.25, -0.2) is 4.39 Å². The topological polar surface area (TPSA) is 51.8 Å². The highest BCUT2D eigenvalue weighted by Gasteiger charge is 2.21. The molecule has 2 heterocycles. The van der Waals surface area contributed by atoms with Crippen LogP contribution in [0.3, 0.4) is 0 Å². The lowest BCUT2D eigenvalue weighted by molar-refractivity contribution is 0.629. The van der Waals surface area contributed by atoms with Crippen molar-refractivity contribution in [3.05, 3.63) is 84.4 Å². The molecule has 4 rings (SSSR count). The van der Waals surface area contributed by atoms with Gasteiger partial charge < -0.3 is 5.73 Å². The Hall–Kier alpha value is -3.11. The number of pyridine rings is 2. The predicted octanol–water partition coefficient (Wildman–Crippen LogP) is 5.12. The molecule has 3 nitrogen and oxygen atoms in total. The summed E-state index contributed by atoms with van der Waals surface area (Å²) in [6.45, 7) is 1.91. The molecule has 128 valence electrons. The Morgan fingerprint density at radius 3 is 2.38 bits per heavy atom. The summed E-state index contributed by atoms with van der Waals surface area (Å²) in [5.41, 5.74) is 11.3. The third-order valence-corrected chi connectivity index (χ3v) is 4.39. The Kier molecular flexibility index (Phi) is 4.19. The summed E-state index contributed by atoms with van der Waals surface area (Å²) in [6, 6.07) is 20.0. The SMILES string of the molecule is CC(N)c1nc2ccc(F)cc2c(-c2ccccn2)c1-c1ccccc1. The molecule has 2 aromatic carbocycles. The number of hydrogen-bond acceptors (Lipinski definition) is 3. The van der Waals surface area contributed by atoms with E-state index in [1.165, 1.54) is 12.1 Å². The van der Waals surface area contributed by atoms with Crippen LogP contribution in [0.15, 0.2) is 72.9 Å². The van der Waals surface area contributed by atoms with E-state index < -0.39 is 0 Å². The molecule has 0 aliphatic carbocycles. The van der Waals surface area contributed by atoms with Crippen LogP contribution in [-0.4, -0.2) is 9.97 Å². The second kappa shape index (κ2) is 6.65. The number of rotatable bonds is 3. The van der Waals surface area contributed by atoms with Gasteiger partial charge in [0, 0.05) is 28.8 Å². The minimum Gasteiger partial charge on any atom is -0.323 e. The third kappa shape index (κ3) is 2.85. The van der Waals surface area contributed by atoms with E-state index in [-0.39, 0.29) is 11.9 Å². The van der Waals surface area contributed by atoms with Crippen LogP contribution < -0.4 is 5.73 Å². The van der Waals surface area contributed by atoms with Crippen molar-refractivity contribution in [1.29, 1.82) is 0 Å². The van der Waals surface area contributed by atoms with Crippen LogP contribution in [-0.2, 0) is 0 Å². The molecule has 2 N–H and O–H groups in total. The molecule has 0 saturated carbocycles. The van der Waals surface area contributed by atoms with Gasteiger partial charge in [-0.1, -0.05) is 36.4 Å². The molecular formula is C22H18FN3. The second-order valence-electron chi connectivity index (χ2n) is 6.28. The van der Waals surface area contributed by atoms with Crippen molar-refractivity contribution in [3.8, 4) is 22.4 Å². The Morgan fingerprint density at radius 2 is 1.69 bits per heavy atom. The zero-order valence-corrected chi connectivity index (χ0v) is 14.4. The molecule has 0 amide bonds. The fourth-order valence-corrected chi connectivity index (χ4v) is 3.26. The molecule has 0 bridgehead atoms. The van der Waals surface area contributed by atoms with Gasteiger partial charge >= 0.3 is 0 Å². The molecule has 0 aliphatic heterocycles. The minimum absolute atomic E-state index is 0.276. The lowest BCUT2D eigenvalue weighted by Crippen LogP contribution is -2.11. The second-order valence-corrected chi connectivity index (χ2v) is 6.28. The lowest BCUT2D eigenvalue weighted by Gasteiger charge is -2.19. The number of nitrogens with zero attached hydrogens (tertiary/aromatic N) is 2. The highest BCUT2D eigenvalue weighted by molar-refractivity contribution is 6.02. The number of hydrogen-bond donors (Lipinski definition) is 1. The first-order valence-electron chi connectivity index (χ1n) is 8.50. The fraction of sp³-hybridized carbons (Fsp3) is 0.0909. The first-order chi connectivity index (χ1) is 12.6. The molecular weight excluding hydrogens is 325 g/mol. The molecule has 0 radical (unpaired) electrons. The van der Waals surface area contributed by atoms with E-state index in [4.69, 9.17) is 10.7 Å². The standard InChI is InChI=1S/C22H18FN3/c1-14(24)22-20(15-7-3-2-4-8-15)21(19-9-5-6-12-25-19)17-13-16(23)10-11-18(17)26-22/h2-14H,24H2,1H3. The summed E-state index contributed by atoms with van der Waals surface area (Å²) in [4.78, 5) is 9.28. The van der Waals surface area contributed by atoms with Crippen molar-refractivity contribution >= 4 is 10.9 Å². The van der Waals surface area contributed by atoms with E-state index in [2.05, 4.69) is 4.98 Å². The van der Waals surface area contributed by atoms with Crippen LogP contribution in [0.2, 0.25) is 0 Å². The van der Waals surface area contributed by atoms with E-state index in [9.17, 15) is 4.39 Å². The molecule has 26 heavy (non-hydrogen) atoms. The van der Waals surface area contributed by atoms with Crippen LogP contribution >= 0.6 is 0 Å². The Balaban J connectivity index is 2.20. The van der Waals surface area contributed by atoms with Crippen LogP contribution in [0.25, 0.3) is 33.3 Å². The number of fused-ring (bicyclic) bond motifs is 1. The number of aromatic nitrogens is 2. The average Bonchev–Trinajstić information content (AvgIpc) is 2.67. The van der Waals surface area contributed by atoms with Gasteiger partial charge in [0.25, 0.3) is 0 Å². The molecule has 4 heteroatoms. The molecule has 2 aromatic heterocycles. The summed E-state index contributed by atoms with van der Waals surface area (Å²) < 4.78 is 14.1. The zero-order chi connectivity index (χ0) is 18.1. The van der Waals surface area contributed by atoms with Gasteiger partial charge in [0.05, 0.1) is 16.9 Å². The number of benzene rings is 2. The highest BCUT2D eigenvalue weighted by Crippen LogP contribution is 2.40. The van der Waals surface area contributed by atoms with Gasteiger partial charge in [0.1, 0.15) is 5.82 Å². The summed E-state index contributed by atoms with van der Waals surface area (Å²) in [5.74, 6) is -0.302. The molecule has 4 aromatic rings. The fourth-order valence-electron chi connectivity index (χ4n) is 3.26. The summed E-state index contributed by atoms with van der Waals surface area (Å²) >= 11 is 0. The molecule has 1 unspecified atom stereocenters. The zero-order valence-electron chi connectivity index (χ0n) is 14.4.